The van der Waals surface area contributed by atoms with Crippen LogP contribution in [0.4, 0.5) is 15.9 Å². The van der Waals surface area contributed by atoms with E-state index in [-0.39, 0.29) is 17.6 Å². The number of piperidine rings is 1. The molecule has 1 aliphatic rings. The maximum Gasteiger partial charge on any atom is 0.263 e. The Kier molecular flexibility index (Phi) is 5.88. The van der Waals surface area contributed by atoms with E-state index in [4.69, 9.17) is 4.74 Å². The van der Waals surface area contributed by atoms with Gasteiger partial charge in [0, 0.05) is 31.2 Å². The first kappa shape index (κ1) is 19.8. The van der Waals surface area contributed by atoms with Crippen LogP contribution in [0.1, 0.15) is 18.4 Å². The van der Waals surface area contributed by atoms with Gasteiger partial charge in [-0.2, -0.15) is 0 Å². The Morgan fingerprint density at radius 2 is 1.90 bits per heavy atom. The van der Waals surface area contributed by atoms with Gasteiger partial charge in [0.25, 0.3) is 5.88 Å². The molecule has 0 radical (unpaired) electrons. The molecule has 3 aromatic rings. The molecular weight excluding hydrogens is 383 g/mol. The summed E-state index contributed by atoms with van der Waals surface area (Å²) in [6, 6.07) is 13.5. The summed E-state index contributed by atoms with van der Waals surface area (Å²) in [6.45, 7) is 3.25. The van der Waals surface area contributed by atoms with E-state index in [0.717, 1.165) is 30.7 Å². The fraction of sp³-hybridized carbons (Fsp3) is 0.261. The van der Waals surface area contributed by atoms with E-state index in [9.17, 15) is 9.18 Å². The Morgan fingerprint density at radius 3 is 2.70 bits per heavy atom. The molecule has 1 N–H and O–H groups in total. The fourth-order valence-electron chi connectivity index (χ4n) is 3.54. The quantitative estimate of drug-likeness (QED) is 0.672. The molecule has 7 heteroatoms. The maximum atomic E-state index is 13.1. The van der Waals surface area contributed by atoms with Crippen molar-refractivity contribution in [2.45, 2.75) is 19.8 Å². The number of aryl methyl sites for hydroxylation is 1. The Hall–Kier alpha value is -3.48. The molecule has 1 aromatic heterocycles. The van der Waals surface area contributed by atoms with Crippen LogP contribution in [0.25, 0.3) is 0 Å². The van der Waals surface area contributed by atoms with Gasteiger partial charge in [-0.05, 0) is 55.7 Å². The lowest BCUT2D eigenvalue weighted by atomic mass is 9.97. The van der Waals surface area contributed by atoms with Crippen molar-refractivity contribution in [2.75, 3.05) is 23.3 Å². The van der Waals surface area contributed by atoms with Crippen molar-refractivity contribution in [1.29, 1.82) is 0 Å². The third kappa shape index (κ3) is 4.56. The van der Waals surface area contributed by atoms with E-state index >= 15 is 0 Å². The van der Waals surface area contributed by atoms with Crippen molar-refractivity contribution in [3.63, 3.8) is 0 Å². The van der Waals surface area contributed by atoms with Gasteiger partial charge in [-0.25, -0.2) is 14.4 Å². The van der Waals surface area contributed by atoms with Crippen LogP contribution in [0, 0.1) is 18.7 Å². The predicted molar refractivity (Wildman–Crippen MR) is 113 cm³/mol. The van der Waals surface area contributed by atoms with Crippen LogP contribution >= 0.6 is 0 Å². The molecule has 1 fully saturated rings. The number of nitrogens with zero attached hydrogens (tertiary/aromatic N) is 3. The molecule has 0 saturated carbocycles. The number of halogens is 1. The number of anilines is 2. The summed E-state index contributed by atoms with van der Waals surface area (Å²) in [7, 11) is 0. The molecule has 0 spiro atoms. The van der Waals surface area contributed by atoms with E-state index in [1.54, 1.807) is 24.5 Å². The Balaban J connectivity index is 1.49. The van der Waals surface area contributed by atoms with Gasteiger partial charge >= 0.3 is 0 Å². The average Bonchev–Trinajstić information content (AvgIpc) is 2.77. The van der Waals surface area contributed by atoms with Gasteiger partial charge in [0.1, 0.15) is 11.6 Å². The van der Waals surface area contributed by atoms with Crippen LogP contribution < -0.4 is 15.0 Å². The van der Waals surface area contributed by atoms with E-state index in [0.29, 0.717) is 23.9 Å². The summed E-state index contributed by atoms with van der Waals surface area (Å²) in [4.78, 5) is 23.6. The number of hydrogen-bond acceptors (Lipinski definition) is 5. The van der Waals surface area contributed by atoms with Gasteiger partial charge in [-0.3, -0.25) is 4.79 Å². The fourth-order valence-corrected chi connectivity index (χ4v) is 3.54. The number of carbonyl (C=O) groups excluding carboxylic acids is 1. The van der Waals surface area contributed by atoms with E-state index in [1.165, 1.54) is 12.1 Å². The van der Waals surface area contributed by atoms with Crippen molar-refractivity contribution >= 4 is 17.4 Å². The van der Waals surface area contributed by atoms with Crippen LogP contribution in [0.3, 0.4) is 0 Å². The molecule has 0 bridgehead atoms. The monoisotopic (exact) mass is 406 g/mol. The van der Waals surface area contributed by atoms with E-state index in [1.807, 2.05) is 36.1 Å². The highest BCUT2D eigenvalue weighted by Crippen LogP contribution is 2.32. The third-order valence-corrected chi connectivity index (χ3v) is 5.15. The van der Waals surface area contributed by atoms with E-state index < -0.39 is 0 Å². The van der Waals surface area contributed by atoms with Crippen molar-refractivity contribution in [3.8, 4) is 11.6 Å². The van der Waals surface area contributed by atoms with Crippen molar-refractivity contribution in [2.24, 2.45) is 5.92 Å². The highest BCUT2D eigenvalue weighted by molar-refractivity contribution is 5.93. The summed E-state index contributed by atoms with van der Waals surface area (Å²) in [5, 5.41) is 2.87. The molecule has 30 heavy (non-hydrogen) atoms. The van der Waals surface area contributed by atoms with E-state index in [2.05, 4.69) is 15.3 Å². The average molecular weight is 406 g/mol. The van der Waals surface area contributed by atoms with Crippen LogP contribution in [0.15, 0.2) is 60.9 Å². The number of para-hydroxylation sites is 1. The van der Waals surface area contributed by atoms with Gasteiger partial charge < -0.3 is 15.0 Å². The standard InChI is InChI=1S/C23H23FN4O2/c1-16-5-2-3-7-20(16)30-23-21(25-12-13-26-23)28-14-4-6-17(15-28)22(29)27-19-10-8-18(24)9-11-19/h2-3,5,7-13,17H,4,6,14-15H2,1H3,(H,27,29)/t17-/m1/s1. The Labute approximate surface area is 174 Å². The number of ether oxygens (including phenoxy) is 1. The first-order valence-electron chi connectivity index (χ1n) is 9.96. The molecule has 0 aliphatic carbocycles. The van der Waals surface area contributed by atoms with Crippen molar-refractivity contribution in [1.82, 2.24) is 9.97 Å². The van der Waals surface area contributed by atoms with Gasteiger partial charge in [0.15, 0.2) is 5.82 Å². The van der Waals surface area contributed by atoms with Gasteiger partial charge in [-0.15, -0.1) is 0 Å². The van der Waals surface area contributed by atoms with Crippen LogP contribution in [-0.2, 0) is 4.79 Å². The molecule has 4 rings (SSSR count). The molecule has 1 amide bonds. The molecule has 1 aliphatic heterocycles. The number of amides is 1. The summed E-state index contributed by atoms with van der Waals surface area (Å²) in [5.74, 6) is 1.14. The number of carbonyl (C=O) groups is 1. The summed E-state index contributed by atoms with van der Waals surface area (Å²) >= 11 is 0. The summed E-state index contributed by atoms with van der Waals surface area (Å²) in [6.07, 6.45) is 4.85. The molecule has 6 nitrogen and oxygen atoms in total. The number of hydrogen-bond donors (Lipinski definition) is 1. The molecule has 154 valence electrons. The molecule has 0 unspecified atom stereocenters. The predicted octanol–water partition coefficient (Wildman–Crippen LogP) is 4.57. The smallest absolute Gasteiger partial charge is 0.263 e. The van der Waals surface area contributed by atoms with Crippen molar-refractivity contribution < 1.29 is 13.9 Å². The zero-order valence-corrected chi connectivity index (χ0v) is 16.7. The van der Waals surface area contributed by atoms with Crippen LogP contribution in [0.5, 0.6) is 11.6 Å². The lowest BCUT2D eigenvalue weighted by Gasteiger charge is -2.33. The largest absolute Gasteiger partial charge is 0.436 e. The lowest BCUT2D eigenvalue weighted by molar-refractivity contribution is -0.120. The van der Waals surface area contributed by atoms with Gasteiger partial charge in [0.2, 0.25) is 5.91 Å². The lowest BCUT2D eigenvalue weighted by Crippen LogP contribution is -2.41. The molecule has 1 atom stereocenters. The topological polar surface area (TPSA) is 67.4 Å². The Morgan fingerprint density at radius 1 is 1.13 bits per heavy atom. The number of nitrogens with one attached hydrogen (secondary N) is 1. The Bertz CT molecular complexity index is 1030. The normalized spacial score (nSPS) is 16.2. The highest BCUT2D eigenvalue weighted by atomic mass is 19.1. The van der Waals surface area contributed by atoms with Crippen LogP contribution in [0.2, 0.25) is 0 Å². The first-order chi connectivity index (χ1) is 14.6. The minimum atomic E-state index is -0.333. The number of aromatic nitrogens is 2. The molecule has 2 aromatic carbocycles. The van der Waals surface area contributed by atoms with Gasteiger partial charge in [0.05, 0.1) is 5.92 Å². The molecular formula is C23H23FN4O2. The zero-order valence-electron chi connectivity index (χ0n) is 16.7. The third-order valence-electron chi connectivity index (χ3n) is 5.15. The minimum absolute atomic E-state index is 0.0865. The highest BCUT2D eigenvalue weighted by Gasteiger charge is 2.28. The second kappa shape index (κ2) is 8.90. The zero-order chi connectivity index (χ0) is 20.9. The second-order valence-electron chi connectivity index (χ2n) is 7.33. The summed E-state index contributed by atoms with van der Waals surface area (Å²) < 4.78 is 19.1. The molecule has 1 saturated heterocycles. The van der Waals surface area contributed by atoms with Crippen LogP contribution in [-0.4, -0.2) is 29.0 Å². The minimum Gasteiger partial charge on any atom is -0.436 e. The SMILES string of the molecule is Cc1ccccc1Oc1nccnc1N1CCC[C@@H](C(=O)Nc2ccc(F)cc2)C1. The number of rotatable bonds is 5. The summed E-state index contributed by atoms with van der Waals surface area (Å²) in [5.41, 5.74) is 1.59. The van der Waals surface area contributed by atoms with Crippen molar-refractivity contribution in [3.05, 3.63) is 72.3 Å². The number of benzene rings is 2. The maximum absolute atomic E-state index is 13.1. The first-order valence-corrected chi connectivity index (χ1v) is 9.96. The molecule has 2 heterocycles. The van der Waals surface area contributed by atoms with Gasteiger partial charge in [-0.1, -0.05) is 18.2 Å². The second-order valence-corrected chi connectivity index (χ2v) is 7.33.